The van der Waals surface area contributed by atoms with Gasteiger partial charge in [-0.15, -0.1) is 26.3 Å². The molecule has 0 saturated heterocycles. The molecular formula is C20H19F6NO7. The summed E-state index contributed by atoms with van der Waals surface area (Å²) in [5, 5.41) is 26.0. The average molecular weight is 499 g/mol. The predicted molar refractivity (Wildman–Crippen MR) is 103 cm³/mol. The van der Waals surface area contributed by atoms with Gasteiger partial charge in [0.15, 0.2) is 6.10 Å². The van der Waals surface area contributed by atoms with E-state index in [2.05, 4.69) is 9.47 Å². The summed E-state index contributed by atoms with van der Waals surface area (Å²) in [6.07, 6.45) is -11.2. The van der Waals surface area contributed by atoms with Crippen molar-refractivity contribution >= 4 is 11.9 Å². The van der Waals surface area contributed by atoms with E-state index in [0.29, 0.717) is 11.1 Å². The van der Waals surface area contributed by atoms with Crippen LogP contribution in [0.1, 0.15) is 11.1 Å². The Bertz CT molecular complexity index is 853. The van der Waals surface area contributed by atoms with E-state index in [1.807, 2.05) is 0 Å². The molecule has 34 heavy (non-hydrogen) atoms. The second kappa shape index (κ2) is 12.1. The molecule has 14 heteroatoms. The molecule has 0 radical (unpaired) electrons. The minimum atomic E-state index is -4.76. The van der Waals surface area contributed by atoms with Crippen LogP contribution < -0.4 is 15.2 Å². The van der Waals surface area contributed by atoms with Gasteiger partial charge in [-0.3, -0.25) is 4.79 Å². The first-order chi connectivity index (χ1) is 15.6. The number of carboxylic acid groups (broad SMARTS) is 2. The van der Waals surface area contributed by atoms with E-state index in [4.69, 9.17) is 21.1 Å². The van der Waals surface area contributed by atoms with Crippen molar-refractivity contribution in [1.82, 2.24) is 0 Å². The molecule has 0 spiro atoms. The summed E-state index contributed by atoms with van der Waals surface area (Å²) in [6.45, 7) is 0. The fourth-order valence-corrected chi connectivity index (χ4v) is 2.31. The summed E-state index contributed by atoms with van der Waals surface area (Å²) in [4.78, 5) is 20.8. The fourth-order valence-electron chi connectivity index (χ4n) is 2.31. The maximum atomic E-state index is 11.8. The van der Waals surface area contributed by atoms with Gasteiger partial charge < -0.3 is 30.5 Å². The average Bonchev–Trinajstić information content (AvgIpc) is 2.69. The zero-order valence-corrected chi connectivity index (χ0v) is 17.0. The molecule has 2 aromatic rings. The Labute approximate surface area is 188 Å². The molecule has 2 aromatic carbocycles. The van der Waals surface area contributed by atoms with Crippen molar-refractivity contribution in [2.45, 2.75) is 37.7 Å². The molecule has 0 aliphatic carbocycles. The van der Waals surface area contributed by atoms with Crippen LogP contribution in [0.3, 0.4) is 0 Å². The lowest BCUT2D eigenvalue weighted by molar-refractivity contribution is -0.275. The summed E-state index contributed by atoms with van der Waals surface area (Å²) < 4.78 is 78.3. The smallest absolute Gasteiger partial charge is 0.480 e. The number of alkyl halides is 6. The number of carboxylic acids is 2. The van der Waals surface area contributed by atoms with Crippen molar-refractivity contribution in [3.63, 3.8) is 0 Å². The van der Waals surface area contributed by atoms with Crippen molar-refractivity contribution in [2.24, 2.45) is 5.73 Å². The Hall–Kier alpha value is -3.52. The summed E-state index contributed by atoms with van der Waals surface area (Å²) in [7, 11) is 0. The van der Waals surface area contributed by atoms with Crippen LogP contribution in [0.4, 0.5) is 26.3 Å². The molecule has 0 aliphatic heterocycles. The lowest BCUT2D eigenvalue weighted by Crippen LogP contribution is -2.32. The van der Waals surface area contributed by atoms with E-state index in [9.17, 15) is 35.9 Å². The van der Waals surface area contributed by atoms with Gasteiger partial charge in [0.25, 0.3) is 0 Å². The molecule has 2 atom stereocenters. The monoisotopic (exact) mass is 499 g/mol. The van der Waals surface area contributed by atoms with E-state index in [0.717, 1.165) is 24.3 Å². The summed E-state index contributed by atoms with van der Waals surface area (Å²) in [5.74, 6) is -3.31. The Balaban J connectivity index is 0.000000340. The summed E-state index contributed by atoms with van der Waals surface area (Å²) >= 11 is 0. The van der Waals surface area contributed by atoms with Gasteiger partial charge >= 0.3 is 24.7 Å². The highest BCUT2D eigenvalue weighted by molar-refractivity contribution is 5.73. The summed E-state index contributed by atoms with van der Waals surface area (Å²) in [6, 6.07) is 8.43. The van der Waals surface area contributed by atoms with Gasteiger partial charge in [0, 0.05) is 6.42 Å². The number of hydrogen-bond donors (Lipinski definition) is 4. The Morgan fingerprint density at radius 2 is 1.09 bits per heavy atom. The number of ether oxygens (including phenoxy) is 2. The molecule has 0 amide bonds. The SMILES string of the molecule is N[C@H](Cc1ccc(OC(F)(F)F)cc1)C(=O)O.O=C(O)[C@H](O)Cc1ccc(OC(F)(F)F)cc1. The van der Waals surface area contributed by atoms with Crippen LogP contribution in [0.2, 0.25) is 0 Å². The van der Waals surface area contributed by atoms with Crippen molar-refractivity contribution < 1.29 is 60.7 Å². The van der Waals surface area contributed by atoms with Crippen LogP contribution in [0.5, 0.6) is 11.5 Å². The second-order valence-electron chi connectivity index (χ2n) is 6.59. The molecule has 188 valence electrons. The highest BCUT2D eigenvalue weighted by atomic mass is 19.4. The highest BCUT2D eigenvalue weighted by Crippen LogP contribution is 2.24. The highest BCUT2D eigenvalue weighted by Gasteiger charge is 2.31. The minimum absolute atomic E-state index is 0.0433. The van der Waals surface area contributed by atoms with E-state index in [1.165, 1.54) is 24.3 Å². The zero-order valence-electron chi connectivity index (χ0n) is 17.0. The first kappa shape index (κ1) is 28.5. The van der Waals surface area contributed by atoms with Crippen molar-refractivity contribution in [3.8, 4) is 11.5 Å². The molecule has 8 nitrogen and oxygen atoms in total. The quantitative estimate of drug-likeness (QED) is 0.407. The second-order valence-corrected chi connectivity index (χ2v) is 6.59. The van der Waals surface area contributed by atoms with E-state index < -0.39 is 42.6 Å². The lowest BCUT2D eigenvalue weighted by Gasteiger charge is -2.10. The number of carbonyl (C=O) groups is 2. The van der Waals surface area contributed by atoms with Crippen LogP contribution in [0.25, 0.3) is 0 Å². The van der Waals surface area contributed by atoms with Gasteiger partial charge in [-0.1, -0.05) is 24.3 Å². The number of rotatable bonds is 8. The molecular weight excluding hydrogens is 480 g/mol. The normalized spacial score (nSPS) is 13.2. The lowest BCUT2D eigenvalue weighted by atomic mass is 10.1. The number of aliphatic hydroxyl groups is 1. The Kier molecular flexibility index (Phi) is 10.1. The number of nitrogens with two attached hydrogens (primary N) is 1. The van der Waals surface area contributed by atoms with Gasteiger partial charge in [-0.25, -0.2) is 4.79 Å². The van der Waals surface area contributed by atoms with Crippen LogP contribution >= 0.6 is 0 Å². The van der Waals surface area contributed by atoms with E-state index in [-0.39, 0.29) is 18.6 Å². The molecule has 0 aromatic heterocycles. The third-order valence-electron chi connectivity index (χ3n) is 3.80. The van der Waals surface area contributed by atoms with Crippen LogP contribution in [0, 0.1) is 0 Å². The topological polar surface area (TPSA) is 139 Å². The number of aliphatic hydroxyl groups excluding tert-OH is 1. The molecule has 0 bridgehead atoms. The van der Waals surface area contributed by atoms with E-state index in [1.54, 1.807) is 0 Å². The molecule has 0 fully saturated rings. The Morgan fingerprint density at radius 3 is 1.38 bits per heavy atom. The van der Waals surface area contributed by atoms with Gasteiger partial charge in [-0.2, -0.15) is 0 Å². The number of benzene rings is 2. The predicted octanol–water partition coefficient (Wildman–Crippen LogP) is 3.11. The molecule has 0 unspecified atom stereocenters. The third kappa shape index (κ3) is 11.9. The van der Waals surface area contributed by atoms with Gasteiger partial charge in [0.05, 0.1) is 0 Å². The van der Waals surface area contributed by atoms with Crippen LogP contribution in [-0.2, 0) is 22.4 Å². The van der Waals surface area contributed by atoms with E-state index >= 15 is 0 Å². The number of aliphatic carboxylic acids is 2. The largest absolute Gasteiger partial charge is 0.573 e. The molecule has 0 heterocycles. The summed E-state index contributed by atoms with van der Waals surface area (Å²) in [5.41, 5.74) is 6.20. The van der Waals surface area contributed by atoms with Gasteiger partial charge in [0.1, 0.15) is 17.5 Å². The zero-order chi connectivity index (χ0) is 26.1. The van der Waals surface area contributed by atoms with Crippen molar-refractivity contribution in [1.29, 1.82) is 0 Å². The van der Waals surface area contributed by atoms with Crippen molar-refractivity contribution in [3.05, 3.63) is 59.7 Å². The van der Waals surface area contributed by atoms with Gasteiger partial charge in [-0.05, 0) is 41.8 Å². The first-order valence-electron chi connectivity index (χ1n) is 9.14. The molecule has 0 saturated carbocycles. The van der Waals surface area contributed by atoms with Crippen molar-refractivity contribution in [2.75, 3.05) is 0 Å². The maximum absolute atomic E-state index is 11.8. The molecule has 0 aliphatic rings. The minimum Gasteiger partial charge on any atom is -0.480 e. The maximum Gasteiger partial charge on any atom is 0.573 e. The third-order valence-corrected chi connectivity index (χ3v) is 3.80. The van der Waals surface area contributed by atoms with Crippen LogP contribution in [0.15, 0.2) is 48.5 Å². The number of halogens is 6. The molecule has 2 rings (SSSR count). The molecule has 5 N–H and O–H groups in total. The van der Waals surface area contributed by atoms with Crippen LogP contribution in [-0.4, -0.2) is 52.1 Å². The standard InChI is InChI=1S/C10H10F3NO3.C10H9F3O4/c2*11-10(12,13)17-7-3-1-6(2-4-7)5-8(14)9(15)16/h1-4,8H,5,14H2,(H,15,16);1-4,8,14H,5H2,(H,15,16)/t2*8-/m11/s1. The number of hydrogen-bond acceptors (Lipinski definition) is 6. The Morgan fingerprint density at radius 1 is 0.735 bits per heavy atom. The fraction of sp³-hybridized carbons (Fsp3) is 0.300. The first-order valence-corrected chi connectivity index (χ1v) is 9.14. The van der Waals surface area contributed by atoms with Gasteiger partial charge in [0.2, 0.25) is 0 Å².